The molecule has 24 heavy (non-hydrogen) atoms. The van der Waals surface area contributed by atoms with Crippen molar-refractivity contribution in [1.82, 2.24) is 9.80 Å². The van der Waals surface area contributed by atoms with Gasteiger partial charge in [0.1, 0.15) is 6.61 Å². The highest BCUT2D eigenvalue weighted by molar-refractivity contribution is 5.81. The van der Waals surface area contributed by atoms with Crippen molar-refractivity contribution in [3.8, 4) is 0 Å². The second-order valence-electron chi connectivity index (χ2n) is 6.17. The second kappa shape index (κ2) is 8.68. The van der Waals surface area contributed by atoms with Gasteiger partial charge >= 0.3 is 6.09 Å². The third-order valence-corrected chi connectivity index (χ3v) is 4.39. The molecule has 0 saturated carbocycles. The number of carbonyl (C=O) groups excluding carboxylic acids is 2. The molecule has 1 fully saturated rings. The molecule has 1 unspecified atom stereocenters. The van der Waals surface area contributed by atoms with Gasteiger partial charge in [-0.1, -0.05) is 30.3 Å². The van der Waals surface area contributed by atoms with Crippen molar-refractivity contribution in [2.45, 2.75) is 45.4 Å². The Bertz CT molecular complexity index is 540. The molecule has 132 valence electrons. The molecule has 0 bridgehead atoms. The number of piperidine rings is 1. The maximum absolute atomic E-state index is 12.4. The number of benzene rings is 1. The zero-order valence-electron chi connectivity index (χ0n) is 14.5. The van der Waals surface area contributed by atoms with Crippen LogP contribution in [-0.2, 0) is 16.1 Å². The molecule has 0 aromatic heterocycles. The minimum Gasteiger partial charge on any atom is -0.445 e. The largest absolute Gasteiger partial charge is 0.445 e. The van der Waals surface area contributed by atoms with Crippen molar-refractivity contribution in [2.24, 2.45) is 5.73 Å². The highest BCUT2D eigenvalue weighted by atomic mass is 16.6. The average Bonchev–Trinajstić information content (AvgIpc) is 2.61. The highest BCUT2D eigenvalue weighted by Gasteiger charge is 2.30. The van der Waals surface area contributed by atoms with Crippen LogP contribution in [0.15, 0.2) is 30.3 Å². The summed E-state index contributed by atoms with van der Waals surface area (Å²) in [4.78, 5) is 27.8. The molecule has 6 heteroatoms. The van der Waals surface area contributed by atoms with Crippen LogP contribution in [0, 0.1) is 0 Å². The van der Waals surface area contributed by atoms with E-state index in [1.807, 2.05) is 37.3 Å². The monoisotopic (exact) mass is 333 g/mol. The van der Waals surface area contributed by atoms with Gasteiger partial charge in [-0.2, -0.15) is 0 Å². The van der Waals surface area contributed by atoms with Crippen molar-refractivity contribution in [3.63, 3.8) is 0 Å². The summed E-state index contributed by atoms with van der Waals surface area (Å²) in [6.45, 7) is 5.79. The Morgan fingerprint density at radius 1 is 1.29 bits per heavy atom. The fourth-order valence-corrected chi connectivity index (χ4v) is 3.02. The molecule has 1 aromatic carbocycles. The molecule has 1 heterocycles. The van der Waals surface area contributed by atoms with E-state index in [1.54, 1.807) is 16.7 Å². The van der Waals surface area contributed by atoms with Crippen LogP contribution in [0.3, 0.4) is 0 Å². The first-order valence-corrected chi connectivity index (χ1v) is 8.54. The Morgan fingerprint density at radius 2 is 1.92 bits per heavy atom. The zero-order valence-corrected chi connectivity index (χ0v) is 14.5. The number of ether oxygens (including phenoxy) is 1. The van der Waals surface area contributed by atoms with Gasteiger partial charge in [0.25, 0.3) is 0 Å². The van der Waals surface area contributed by atoms with Crippen molar-refractivity contribution in [3.05, 3.63) is 35.9 Å². The topological polar surface area (TPSA) is 75.9 Å². The number of amides is 2. The van der Waals surface area contributed by atoms with Gasteiger partial charge in [-0.25, -0.2) is 4.79 Å². The Hall–Kier alpha value is -2.08. The molecule has 1 aliphatic rings. The lowest BCUT2D eigenvalue weighted by Gasteiger charge is -2.38. The Kier molecular flexibility index (Phi) is 6.61. The van der Waals surface area contributed by atoms with Crippen molar-refractivity contribution < 1.29 is 14.3 Å². The van der Waals surface area contributed by atoms with E-state index in [4.69, 9.17) is 10.5 Å². The third-order valence-electron chi connectivity index (χ3n) is 4.39. The number of nitrogens with two attached hydrogens (primary N) is 1. The molecule has 2 rings (SSSR count). The van der Waals surface area contributed by atoms with Gasteiger partial charge in [0.2, 0.25) is 5.91 Å². The van der Waals surface area contributed by atoms with Gasteiger partial charge in [0, 0.05) is 25.7 Å². The molecule has 2 amide bonds. The minimum absolute atomic E-state index is 0.0249. The Labute approximate surface area is 143 Å². The lowest BCUT2D eigenvalue weighted by molar-refractivity contribution is -0.133. The van der Waals surface area contributed by atoms with E-state index in [0.717, 1.165) is 18.4 Å². The average molecular weight is 333 g/mol. The van der Waals surface area contributed by atoms with Crippen LogP contribution >= 0.6 is 0 Å². The van der Waals surface area contributed by atoms with Gasteiger partial charge in [-0.05, 0) is 32.3 Å². The van der Waals surface area contributed by atoms with E-state index in [0.29, 0.717) is 19.6 Å². The fourth-order valence-electron chi connectivity index (χ4n) is 3.02. The molecule has 1 saturated heterocycles. The molecular weight excluding hydrogens is 306 g/mol. The van der Waals surface area contributed by atoms with Crippen LogP contribution in [0.25, 0.3) is 0 Å². The summed E-state index contributed by atoms with van der Waals surface area (Å²) in [6.07, 6.45) is 1.22. The van der Waals surface area contributed by atoms with Crippen LogP contribution in [0.4, 0.5) is 4.79 Å². The molecule has 1 atom stereocenters. The molecule has 0 radical (unpaired) electrons. The van der Waals surface area contributed by atoms with E-state index in [9.17, 15) is 9.59 Å². The third kappa shape index (κ3) is 4.71. The first kappa shape index (κ1) is 18.3. The SMILES string of the molecule is CCN(C(=O)OCc1ccccc1)C1CCN(C(=O)C(C)N)CC1. The number of rotatable bonds is 5. The number of hydrogen-bond acceptors (Lipinski definition) is 4. The van der Waals surface area contributed by atoms with Crippen LogP contribution in [0.2, 0.25) is 0 Å². The highest BCUT2D eigenvalue weighted by Crippen LogP contribution is 2.18. The quantitative estimate of drug-likeness (QED) is 0.894. The molecule has 2 N–H and O–H groups in total. The summed E-state index contributed by atoms with van der Waals surface area (Å²) in [5.41, 5.74) is 6.63. The van der Waals surface area contributed by atoms with E-state index in [2.05, 4.69) is 0 Å². The molecule has 6 nitrogen and oxygen atoms in total. The summed E-state index contributed by atoms with van der Waals surface area (Å²) < 4.78 is 5.43. The number of carbonyl (C=O) groups is 2. The molecule has 1 aromatic rings. The summed E-state index contributed by atoms with van der Waals surface area (Å²) in [5.74, 6) is -0.0249. The molecule has 0 aliphatic carbocycles. The molecule has 0 spiro atoms. The maximum Gasteiger partial charge on any atom is 0.410 e. The predicted molar refractivity (Wildman–Crippen MR) is 92.3 cm³/mol. The molecule has 1 aliphatic heterocycles. The van der Waals surface area contributed by atoms with Crippen molar-refractivity contribution in [1.29, 1.82) is 0 Å². The van der Waals surface area contributed by atoms with Gasteiger partial charge in [-0.3, -0.25) is 4.79 Å². The van der Waals surface area contributed by atoms with E-state index < -0.39 is 6.04 Å². The van der Waals surface area contributed by atoms with Gasteiger partial charge < -0.3 is 20.3 Å². The smallest absolute Gasteiger partial charge is 0.410 e. The second-order valence-corrected chi connectivity index (χ2v) is 6.17. The van der Waals surface area contributed by atoms with Gasteiger partial charge in [0.05, 0.1) is 6.04 Å². The summed E-state index contributed by atoms with van der Waals surface area (Å²) in [5, 5.41) is 0. The Balaban J connectivity index is 1.85. The van der Waals surface area contributed by atoms with Crippen molar-refractivity contribution in [2.75, 3.05) is 19.6 Å². The van der Waals surface area contributed by atoms with Crippen LogP contribution < -0.4 is 5.73 Å². The standard InChI is InChI=1S/C18H27N3O3/c1-3-21(18(23)24-13-15-7-5-4-6-8-15)16-9-11-20(12-10-16)17(22)14(2)19/h4-8,14,16H,3,9-13,19H2,1-2H3. The van der Waals surface area contributed by atoms with E-state index >= 15 is 0 Å². The van der Waals surface area contributed by atoms with E-state index in [1.165, 1.54) is 0 Å². The first-order valence-electron chi connectivity index (χ1n) is 8.54. The zero-order chi connectivity index (χ0) is 17.5. The number of nitrogens with zero attached hydrogens (tertiary/aromatic N) is 2. The molecular formula is C18H27N3O3. The van der Waals surface area contributed by atoms with Crippen LogP contribution in [0.1, 0.15) is 32.3 Å². The lowest BCUT2D eigenvalue weighted by Crippen LogP contribution is -2.51. The normalized spacial score (nSPS) is 16.5. The van der Waals surface area contributed by atoms with E-state index in [-0.39, 0.29) is 24.6 Å². The maximum atomic E-state index is 12.4. The summed E-state index contributed by atoms with van der Waals surface area (Å²) in [7, 11) is 0. The first-order chi connectivity index (χ1) is 11.5. The van der Waals surface area contributed by atoms with Crippen molar-refractivity contribution >= 4 is 12.0 Å². The van der Waals surface area contributed by atoms with Crippen LogP contribution in [-0.4, -0.2) is 53.5 Å². The number of hydrogen-bond donors (Lipinski definition) is 1. The minimum atomic E-state index is -0.473. The lowest BCUT2D eigenvalue weighted by atomic mass is 10.0. The number of likely N-dealkylation sites (tertiary alicyclic amines) is 1. The van der Waals surface area contributed by atoms with Gasteiger partial charge in [0.15, 0.2) is 0 Å². The van der Waals surface area contributed by atoms with Crippen LogP contribution in [0.5, 0.6) is 0 Å². The fraction of sp³-hybridized carbons (Fsp3) is 0.556. The van der Waals surface area contributed by atoms with Gasteiger partial charge in [-0.15, -0.1) is 0 Å². The Morgan fingerprint density at radius 3 is 2.46 bits per heavy atom. The summed E-state index contributed by atoms with van der Waals surface area (Å²) >= 11 is 0. The predicted octanol–water partition coefficient (Wildman–Crippen LogP) is 1.98. The summed E-state index contributed by atoms with van der Waals surface area (Å²) in [6, 6.07) is 9.28.